The molecule has 0 spiro atoms. The third kappa shape index (κ3) is 3.81. The van der Waals surface area contributed by atoms with Crippen LogP contribution in [-0.2, 0) is 9.53 Å². The summed E-state index contributed by atoms with van der Waals surface area (Å²) in [4.78, 5) is 26.2. The highest BCUT2D eigenvalue weighted by Gasteiger charge is 2.24. The molecule has 1 aliphatic rings. The van der Waals surface area contributed by atoms with E-state index in [0.717, 1.165) is 5.56 Å². The minimum Gasteiger partial charge on any atom is -0.402 e. The zero-order valence-electron chi connectivity index (χ0n) is 12.8. The van der Waals surface area contributed by atoms with Crippen molar-refractivity contribution in [3.8, 4) is 0 Å². The van der Waals surface area contributed by atoms with Crippen LogP contribution in [0, 0.1) is 10.1 Å². The summed E-state index contributed by atoms with van der Waals surface area (Å²) in [5.74, 6) is -0.408. The van der Waals surface area contributed by atoms with Gasteiger partial charge in [-0.2, -0.15) is 0 Å². The van der Waals surface area contributed by atoms with Crippen LogP contribution in [0.4, 0.5) is 5.69 Å². The van der Waals surface area contributed by atoms with Crippen LogP contribution in [0.5, 0.6) is 0 Å². The molecule has 2 aromatic rings. The molecule has 0 atom stereocenters. The molecule has 3 rings (SSSR count). The average Bonchev–Trinajstić information content (AvgIpc) is 2.96. The molecule has 124 valence electrons. The number of benzene rings is 2. The van der Waals surface area contributed by atoms with E-state index in [0.29, 0.717) is 10.6 Å². The molecule has 0 aromatic heterocycles. The van der Waals surface area contributed by atoms with Crippen LogP contribution in [0.1, 0.15) is 11.1 Å². The lowest BCUT2D eigenvalue weighted by molar-refractivity contribution is -0.384. The molecule has 0 saturated heterocycles. The van der Waals surface area contributed by atoms with Gasteiger partial charge in [0.05, 0.1) is 15.5 Å². The fraction of sp³-hybridized carbons (Fsp3) is 0. The molecule has 0 amide bonds. The van der Waals surface area contributed by atoms with Crippen LogP contribution in [-0.4, -0.2) is 16.8 Å². The molecule has 0 aliphatic carbocycles. The van der Waals surface area contributed by atoms with Gasteiger partial charge in [0.15, 0.2) is 5.70 Å². The number of allylic oxidation sites excluding steroid dienone is 2. The quantitative estimate of drug-likeness (QED) is 0.357. The van der Waals surface area contributed by atoms with Crippen LogP contribution >= 0.6 is 11.6 Å². The average molecular weight is 355 g/mol. The first-order chi connectivity index (χ1) is 12.0. The Balaban J connectivity index is 1.78. The maximum atomic E-state index is 11.9. The zero-order valence-corrected chi connectivity index (χ0v) is 13.5. The van der Waals surface area contributed by atoms with Crippen LogP contribution in [0.2, 0.25) is 5.02 Å². The second-order valence-electron chi connectivity index (χ2n) is 5.05. The van der Waals surface area contributed by atoms with Crippen LogP contribution in [0.3, 0.4) is 0 Å². The Labute approximate surface area is 147 Å². The number of aliphatic imine (C=N–C) groups is 1. The van der Waals surface area contributed by atoms with Gasteiger partial charge in [0.2, 0.25) is 5.90 Å². The molecule has 7 heteroatoms. The predicted molar refractivity (Wildman–Crippen MR) is 94.3 cm³/mol. The van der Waals surface area contributed by atoms with E-state index >= 15 is 0 Å². The van der Waals surface area contributed by atoms with Crippen molar-refractivity contribution in [2.24, 2.45) is 4.99 Å². The Morgan fingerprint density at radius 3 is 2.52 bits per heavy atom. The fourth-order valence-electron chi connectivity index (χ4n) is 2.13. The van der Waals surface area contributed by atoms with E-state index in [1.807, 2.05) is 0 Å². The Hall–Kier alpha value is -3.25. The molecule has 0 bridgehead atoms. The van der Waals surface area contributed by atoms with Crippen molar-refractivity contribution in [3.63, 3.8) is 0 Å². The number of non-ortho nitro benzene ring substituents is 1. The molecule has 0 unspecified atom stereocenters. The lowest BCUT2D eigenvalue weighted by atomic mass is 10.2. The number of carbonyl (C=O) groups excluding carboxylic acids is 1. The smallest absolute Gasteiger partial charge is 0.363 e. The zero-order chi connectivity index (χ0) is 17.8. The number of hydrogen-bond acceptors (Lipinski definition) is 5. The van der Waals surface area contributed by atoms with Crippen molar-refractivity contribution < 1.29 is 14.5 Å². The summed E-state index contributed by atoms with van der Waals surface area (Å²) >= 11 is 6.07. The largest absolute Gasteiger partial charge is 0.402 e. The summed E-state index contributed by atoms with van der Waals surface area (Å²) < 4.78 is 5.14. The molecular formula is C18H11ClN2O4. The summed E-state index contributed by atoms with van der Waals surface area (Å²) in [6.45, 7) is 0. The highest BCUT2D eigenvalue weighted by molar-refractivity contribution is 6.34. The van der Waals surface area contributed by atoms with E-state index < -0.39 is 10.9 Å². The SMILES string of the molecule is O=C1OC(c2ccccc2Cl)=N/C1=C\C=C\c1ccc([N+](=O)[O-])cc1. The van der Waals surface area contributed by atoms with Crippen LogP contribution < -0.4 is 0 Å². The first kappa shape index (κ1) is 16.6. The minimum atomic E-state index is -0.566. The third-order valence-corrected chi connectivity index (χ3v) is 3.70. The number of rotatable bonds is 4. The van der Waals surface area contributed by atoms with Crippen molar-refractivity contribution >= 4 is 35.2 Å². The monoisotopic (exact) mass is 354 g/mol. The summed E-state index contributed by atoms with van der Waals surface area (Å²) in [5.41, 5.74) is 1.46. The molecule has 0 saturated carbocycles. The number of halogens is 1. The Morgan fingerprint density at radius 1 is 1.12 bits per heavy atom. The highest BCUT2D eigenvalue weighted by Crippen LogP contribution is 2.22. The second kappa shape index (κ2) is 7.11. The molecule has 2 aromatic carbocycles. The lowest BCUT2D eigenvalue weighted by Gasteiger charge is -2.00. The van der Waals surface area contributed by atoms with Crippen LogP contribution in [0.15, 0.2) is 71.4 Å². The summed E-state index contributed by atoms with van der Waals surface area (Å²) in [6, 6.07) is 13.0. The lowest BCUT2D eigenvalue weighted by Crippen LogP contribution is -2.05. The van der Waals surface area contributed by atoms with E-state index in [9.17, 15) is 14.9 Å². The molecule has 0 fully saturated rings. The maximum Gasteiger partial charge on any atom is 0.363 e. The van der Waals surface area contributed by atoms with Gasteiger partial charge in [-0.15, -0.1) is 0 Å². The fourth-order valence-corrected chi connectivity index (χ4v) is 2.35. The maximum absolute atomic E-state index is 11.9. The number of hydrogen-bond donors (Lipinski definition) is 0. The Bertz CT molecular complexity index is 930. The van der Waals surface area contributed by atoms with Gasteiger partial charge < -0.3 is 4.74 Å². The van der Waals surface area contributed by atoms with Gasteiger partial charge in [-0.05, 0) is 35.9 Å². The van der Waals surface area contributed by atoms with E-state index in [-0.39, 0.29) is 17.3 Å². The van der Waals surface area contributed by atoms with Crippen molar-refractivity contribution in [3.05, 3.63) is 92.6 Å². The molecule has 1 aliphatic heterocycles. The predicted octanol–water partition coefficient (Wildman–Crippen LogP) is 4.15. The van der Waals surface area contributed by atoms with Gasteiger partial charge in [0.25, 0.3) is 5.69 Å². The van der Waals surface area contributed by atoms with E-state index in [2.05, 4.69) is 4.99 Å². The standard InChI is InChI=1S/C18H11ClN2O4/c19-15-6-2-1-5-14(15)17-20-16(18(22)25-17)7-3-4-12-8-10-13(11-9-12)21(23)24/h1-11H/b4-3+,16-7-. The van der Waals surface area contributed by atoms with Gasteiger partial charge in [0, 0.05) is 12.1 Å². The number of esters is 1. The third-order valence-electron chi connectivity index (χ3n) is 3.37. The minimum absolute atomic E-state index is 0.0175. The summed E-state index contributed by atoms with van der Waals surface area (Å²) in [6.07, 6.45) is 4.83. The number of ether oxygens (including phenoxy) is 1. The summed E-state index contributed by atoms with van der Waals surface area (Å²) in [5, 5.41) is 11.1. The van der Waals surface area contributed by atoms with Crippen molar-refractivity contribution in [1.82, 2.24) is 0 Å². The van der Waals surface area contributed by atoms with Crippen molar-refractivity contribution in [2.45, 2.75) is 0 Å². The Morgan fingerprint density at radius 2 is 1.84 bits per heavy atom. The molecular weight excluding hydrogens is 344 g/mol. The van der Waals surface area contributed by atoms with Gasteiger partial charge in [0.1, 0.15) is 0 Å². The van der Waals surface area contributed by atoms with E-state index in [1.165, 1.54) is 18.2 Å². The Kier molecular flexibility index (Phi) is 4.72. The molecule has 1 heterocycles. The second-order valence-corrected chi connectivity index (χ2v) is 5.45. The van der Waals surface area contributed by atoms with Gasteiger partial charge >= 0.3 is 5.97 Å². The molecule has 6 nitrogen and oxygen atoms in total. The normalized spacial score (nSPS) is 15.5. The number of carbonyl (C=O) groups is 1. The van der Waals surface area contributed by atoms with Gasteiger partial charge in [-0.1, -0.05) is 35.9 Å². The van der Waals surface area contributed by atoms with Gasteiger partial charge in [-0.25, -0.2) is 9.79 Å². The number of nitro groups is 1. The van der Waals surface area contributed by atoms with E-state index in [1.54, 1.807) is 48.6 Å². The van der Waals surface area contributed by atoms with Gasteiger partial charge in [-0.3, -0.25) is 10.1 Å². The molecule has 0 radical (unpaired) electrons. The first-order valence-corrected chi connectivity index (χ1v) is 7.61. The molecule has 0 N–H and O–H groups in total. The number of cyclic esters (lactones) is 1. The number of nitrogens with zero attached hydrogens (tertiary/aromatic N) is 2. The van der Waals surface area contributed by atoms with Crippen molar-refractivity contribution in [1.29, 1.82) is 0 Å². The number of nitro benzene ring substituents is 1. The first-order valence-electron chi connectivity index (χ1n) is 7.23. The summed E-state index contributed by atoms with van der Waals surface area (Å²) in [7, 11) is 0. The molecule has 25 heavy (non-hydrogen) atoms. The topological polar surface area (TPSA) is 81.8 Å². The highest BCUT2D eigenvalue weighted by atomic mass is 35.5. The van der Waals surface area contributed by atoms with Crippen LogP contribution in [0.25, 0.3) is 6.08 Å². The van der Waals surface area contributed by atoms with E-state index in [4.69, 9.17) is 16.3 Å². The van der Waals surface area contributed by atoms with Crippen molar-refractivity contribution in [2.75, 3.05) is 0 Å².